The monoisotopic (exact) mass is 404 g/mol. The second-order valence-electron chi connectivity index (χ2n) is 8.24. The molecule has 0 spiro atoms. The van der Waals surface area contributed by atoms with Crippen molar-refractivity contribution in [1.82, 2.24) is 0 Å². The Morgan fingerprint density at radius 3 is 1.80 bits per heavy atom. The van der Waals surface area contributed by atoms with Crippen LogP contribution in [0.5, 0.6) is 0 Å². The van der Waals surface area contributed by atoms with E-state index >= 15 is 0 Å². The van der Waals surface area contributed by atoms with Gasteiger partial charge in [0.2, 0.25) is 0 Å². The maximum absolute atomic E-state index is 12.3. The van der Waals surface area contributed by atoms with Crippen molar-refractivity contribution in [2.45, 2.75) is 91.4 Å². The number of rotatable bonds is 10. The van der Waals surface area contributed by atoms with E-state index in [1.165, 1.54) is 13.8 Å². The summed E-state index contributed by atoms with van der Waals surface area (Å²) in [6.07, 6.45) is -0.218. The predicted octanol–water partition coefficient (Wildman–Crippen LogP) is 4.45. The Kier molecular flexibility index (Phi) is 8.56. The zero-order chi connectivity index (χ0) is 20.3. The van der Waals surface area contributed by atoms with Gasteiger partial charge < -0.3 is 19.0 Å². The largest absolute Gasteiger partial charge is 0.473 e. The second kappa shape index (κ2) is 8.49. The molecule has 0 saturated heterocycles. The fourth-order valence-corrected chi connectivity index (χ4v) is 4.29. The molecule has 0 aliphatic carbocycles. The molecule has 0 rings (SSSR count). The van der Waals surface area contributed by atoms with Crippen molar-refractivity contribution in [2.24, 2.45) is 0 Å². The average molecular weight is 404 g/mol. The van der Waals surface area contributed by atoms with Crippen molar-refractivity contribution in [1.29, 1.82) is 0 Å². The predicted molar refractivity (Wildman–Crippen MR) is 96.5 cm³/mol. The molecule has 0 radical (unpaired) electrons. The molecule has 8 nitrogen and oxygen atoms in total. The minimum Gasteiger partial charge on any atom is -0.363 e. The van der Waals surface area contributed by atoms with Crippen LogP contribution in [0.2, 0.25) is 0 Å². The van der Waals surface area contributed by atoms with Gasteiger partial charge in [-0.15, -0.1) is 0 Å². The molecule has 0 aliphatic rings. The topological polar surface area (TPSA) is 112 Å². The van der Waals surface area contributed by atoms with Crippen LogP contribution in [0.3, 0.4) is 0 Å². The molecule has 0 heterocycles. The van der Waals surface area contributed by atoms with Crippen LogP contribution in [-0.2, 0) is 27.4 Å². The van der Waals surface area contributed by atoms with Gasteiger partial charge in [-0.3, -0.25) is 13.6 Å². The van der Waals surface area contributed by atoms with Crippen LogP contribution in [0.4, 0.5) is 0 Å². The fraction of sp³-hybridized carbons (Fsp3) is 1.00. The SMILES string of the molecule is CC(C)OP(=O)(O)C(C)(C)OCCC(C)(C)OP(=O)(O)OC(C)(C)C. The number of phosphoric ester groups is 1. The summed E-state index contributed by atoms with van der Waals surface area (Å²) in [5.41, 5.74) is -1.87. The molecule has 0 aromatic carbocycles. The molecule has 2 atom stereocenters. The highest BCUT2D eigenvalue weighted by atomic mass is 31.2. The molecule has 10 heteroatoms. The summed E-state index contributed by atoms with van der Waals surface area (Å²) in [6.45, 7) is 14.4. The zero-order valence-corrected chi connectivity index (χ0v) is 18.5. The minimum absolute atomic E-state index is 0.0293. The van der Waals surface area contributed by atoms with Crippen LogP contribution in [0, 0.1) is 0 Å². The van der Waals surface area contributed by atoms with Gasteiger partial charge in [0, 0.05) is 0 Å². The standard InChI is InChI=1S/C15H34O8P2/c1-12(2)21-24(16,17)15(8,9)20-11-10-14(6,7)23-25(18,19)22-13(3,4)5/h12H,10-11H2,1-9H3,(H,16,17)(H,18,19). The Hall–Kier alpha value is 0.220. The van der Waals surface area contributed by atoms with Crippen LogP contribution < -0.4 is 0 Å². The lowest BCUT2D eigenvalue weighted by Crippen LogP contribution is -2.32. The quantitative estimate of drug-likeness (QED) is 0.514. The Morgan fingerprint density at radius 2 is 1.40 bits per heavy atom. The zero-order valence-electron chi connectivity index (χ0n) is 16.7. The Balaban J connectivity index is 4.75. The highest BCUT2D eigenvalue weighted by Crippen LogP contribution is 2.57. The highest BCUT2D eigenvalue weighted by molar-refractivity contribution is 7.54. The molecule has 2 unspecified atom stereocenters. The van der Waals surface area contributed by atoms with Gasteiger partial charge in [-0.1, -0.05) is 0 Å². The van der Waals surface area contributed by atoms with Crippen molar-refractivity contribution in [3.63, 3.8) is 0 Å². The Labute approximate surface area is 151 Å². The molecule has 0 aromatic heterocycles. The maximum Gasteiger partial charge on any atom is 0.473 e. The van der Waals surface area contributed by atoms with Gasteiger partial charge in [-0.2, -0.15) is 0 Å². The summed E-state index contributed by atoms with van der Waals surface area (Å²) in [6, 6.07) is 0. The highest BCUT2D eigenvalue weighted by Gasteiger charge is 2.43. The van der Waals surface area contributed by atoms with E-state index in [4.69, 9.17) is 18.3 Å². The van der Waals surface area contributed by atoms with E-state index < -0.39 is 38.1 Å². The molecule has 2 N–H and O–H groups in total. The second-order valence-corrected chi connectivity index (χ2v) is 11.9. The number of hydrogen-bond donors (Lipinski definition) is 2. The van der Waals surface area contributed by atoms with E-state index in [1.54, 1.807) is 48.5 Å². The molecule has 25 heavy (non-hydrogen) atoms. The summed E-state index contributed by atoms with van der Waals surface area (Å²) in [5, 5.41) is -1.42. The van der Waals surface area contributed by atoms with Crippen LogP contribution in [0.15, 0.2) is 0 Å². The van der Waals surface area contributed by atoms with Gasteiger partial charge in [-0.25, -0.2) is 4.57 Å². The van der Waals surface area contributed by atoms with Crippen molar-refractivity contribution in [3.05, 3.63) is 0 Å². The number of hydrogen-bond acceptors (Lipinski definition) is 6. The first-order valence-electron chi connectivity index (χ1n) is 8.18. The van der Waals surface area contributed by atoms with Crippen LogP contribution in [0.25, 0.3) is 0 Å². The van der Waals surface area contributed by atoms with Crippen molar-refractivity contribution >= 4 is 15.4 Å². The first-order valence-corrected chi connectivity index (χ1v) is 11.3. The molecule has 0 aromatic rings. The van der Waals surface area contributed by atoms with Gasteiger partial charge in [0.05, 0.1) is 23.9 Å². The Bertz CT molecular complexity index is 522. The van der Waals surface area contributed by atoms with E-state index in [-0.39, 0.29) is 13.0 Å². The molecular formula is C15H34O8P2. The van der Waals surface area contributed by atoms with E-state index in [0.717, 1.165) is 0 Å². The van der Waals surface area contributed by atoms with Gasteiger partial charge >= 0.3 is 15.4 Å². The molecule has 0 saturated carbocycles. The fourth-order valence-electron chi connectivity index (χ4n) is 1.76. The molecule has 0 amide bonds. The summed E-state index contributed by atoms with van der Waals surface area (Å²) in [4.78, 5) is 19.9. The minimum atomic E-state index is -4.25. The number of phosphoric acid groups is 1. The van der Waals surface area contributed by atoms with Crippen molar-refractivity contribution in [3.8, 4) is 0 Å². The first-order chi connectivity index (χ1) is 10.8. The van der Waals surface area contributed by atoms with Crippen LogP contribution >= 0.6 is 15.4 Å². The molecule has 0 aliphatic heterocycles. The summed E-state index contributed by atoms with van der Waals surface area (Å²) >= 11 is 0. The molecule has 0 fully saturated rings. The summed E-state index contributed by atoms with van der Waals surface area (Å²) < 4.78 is 45.2. The van der Waals surface area contributed by atoms with Gasteiger partial charge in [0.25, 0.3) is 0 Å². The van der Waals surface area contributed by atoms with E-state index in [2.05, 4.69) is 0 Å². The van der Waals surface area contributed by atoms with Gasteiger partial charge in [0.1, 0.15) is 0 Å². The van der Waals surface area contributed by atoms with E-state index in [1.807, 2.05) is 0 Å². The third-order valence-corrected chi connectivity index (χ3v) is 6.65. The van der Waals surface area contributed by atoms with E-state index in [0.29, 0.717) is 0 Å². The lowest BCUT2D eigenvalue weighted by atomic mass is 10.1. The normalized spacial score (nSPS) is 18.9. The van der Waals surface area contributed by atoms with Crippen molar-refractivity contribution in [2.75, 3.05) is 6.61 Å². The lowest BCUT2D eigenvalue weighted by Gasteiger charge is -2.33. The third kappa shape index (κ3) is 10.2. The lowest BCUT2D eigenvalue weighted by molar-refractivity contribution is -0.0319. The smallest absolute Gasteiger partial charge is 0.363 e. The molecular weight excluding hydrogens is 370 g/mol. The average Bonchev–Trinajstić information content (AvgIpc) is 2.19. The molecule has 0 bridgehead atoms. The van der Waals surface area contributed by atoms with Crippen molar-refractivity contribution < 1.29 is 37.2 Å². The third-order valence-electron chi connectivity index (χ3n) is 2.95. The molecule has 152 valence electrons. The summed E-state index contributed by atoms with van der Waals surface area (Å²) in [5.74, 6) is 0. The number of ether oxygens (including phenoxy) is 1. The summed E-state index contributed by atoms with van der Waals surface area (Å²) in [7, 11) is -8.25. The van der Waals surface area contributed by atoms with Gasteiger partial charge in [0.15, 0.2) is 5.34 Å². The van der Waals surface area contributed by atoms with E-state index in [9.17, 15) is 18.9 Å². The first kappa shape index (κ1) is 25.2. The maximum atomic E-state index is 12.3. The van der Waals surface area contributed by atoms with Crippen LogP contribution in [0.1, 0.15) is 68.7 Å². The van der Waals surface area contributed by atoms with Crippen LogP contribution in [-0.4, -0.2) is 39.0 Å². The van der Waals surface area contributed by atoms with Gasteiger partial charge in [-0.05, 0) is 68.7 Å². The Morgan fingerprint density at radius 1 is 0.920 bits per heavy atom.